The lowest BCUT2D eigenvalue weighted by Gasteiger charge is -2.16. The molecule has 1 amide bonds. The Kier molecular flexibility index (Phi) is 5.29. The Morgan fingerprint density at radius 1 is 1.40 bits per heavy atom. The first-order chi connectivity index (χ1) is 7.06. The number of benzene rings is 1. The van der Waals surface area contributed by atoms with E-state index in [2.05, 4.69) is 47.8 Å². The number of rotatable bonds is 3. The van der Waals surface area contributed by atoms with E-state index in [4.69, 9.17) is 0 Å². The minimum absolute atomic E-state index is 0.0163. The van der Waals surface area contributed by atoms with E-state index in [0.717, 1.165) is 14.3 Å². The molecule has 0 saturated carbocycles. The van der Waals surface area contributed by atoms with Crippen molar-refractivity contribution in [3.63, 3.8) is 0 Å². The van der Waals surface area contributed by atoms with Crippen molar-refractivity contribution in [2.45, 2.75) is 0 Å². The molecule has 0 fully saturated rings. The predicted molar refractivity (Wildman–Crippen MR) is 72.6 cm³/mol. The number of nitrogens with zero attached hydrogens (tertiary/aromatic N) is 1. The summed E-state index contributed by atoms with van der Waals surface area (Å²) < 4.78 is 1.72. The number of halogens is 3. The summed E-state index contributed by atoms with van der Waals surface area (Å²) in [7, 11) is 1.79. The van der Waals surface area contributed by atoms with Crippen molar-refractivity contribution in [1.82, 2.24) is 4.90 Å². The fourth-order valence-corrected chi connectivity index (χ4v) is 2.40. The van der Waals surface area contributed by atoms with Gasteiger partial charge in [-0.25, -0.2) is 0 Å². The second kappa shape index (κ2) is 6.01. The van der Waals surface area contributed by atoms with Gasteiger partial charge in [0.05, 0.1) is 5.56 Å². The largest absolute Gasteiger partial charge is 0.341 e. The lowest BCUT2D eigenvalue weighted by molar-refractivity contribution is 0.0803. The van der Waals surface area contributed by atoms with Gasteiger partial charge in [-0.1, -0.05) is 31.9 Å². The Balaban J connectivity index is 2.95. The summed E-state index contributed by atoms with van der Waals surface area (Å²) in [6.45, 7) is 0.692. The smallest absolute Gasteiger partial charge is 0.254 e. The fourth-order valence-electron chi connectivity index (χ4n) is 1.10. The molecular weight excluding hydrogens is 390 g/mol. The van der Waals surface area contributed by atoms with Gasteiger partial charge in [0.25, 0.3) is 5.91 Å². The van der Waals surface area contributed by atoms with Gasteiger partial charge >= 0.3 is 0 Å². The summed E-state index contributed by atoms with van der Waals surface area (Å²) in [6, 6.07) is 5.57. The van der Waals surface area contributed by atoms with Gasteiger partial charge in [0.2, 0.25) is 0 Å². The van der Waals surface area contributed by atoms with Crippen LogP contribution in [0.1, 0.15) is 10.4 Å². The Hall–Kier alpha value is 0.130. The Morgan fingerprint density at radius 3 is 2.67 bits per heavy atom. The zero-order valence-electron chi connectivity index (χ0n) is 8.14. The van der Waals surface area contributed by atoms with E-state index >= 15 is 0 Å². The second-order valence-electron chi connectivity index (χ2n) is 3.04. The van der Waals surface area contributed by atoms with E-state index in [1.807, 2.05) is 18.2 Å². The van der Waals surface area contributed by atoms with Crippen molar-refractivity contribution in [1.29, 1.82) is 0 Å². The minimum Gasteiger partial charge on any atom is -0.341 e. The zero-order chi connectivity index (χ0) is 11.4. The van der Waals surface area contributed by atoms with Crippen LogP contribution in [0.4, 0.5) is 0 Å². The SMILES string of the molecule is CN(CCBr)C(=O)c1cc(Br)ccc1Br. The summed E-state index contributed by atoms with van der Waals surface area (Å²) in [5.74, 6) is 0.0163. The molecule has 0 radical (unpaired) electrons. The van der Waals surface area contributed by atoms with E-state index in [-0.39, 0.29) is 5.91 Å². The van der Waals surface area contributed by atoms with E-state index in [1.165, 1.54) is 0 Å². The lowest BCUT2D eigenvalue weighted by atomic mass is 10.2. The van der Waals surface area contributed by atoms with Gasteiger partial charge in [-0.05, 0) is 34.1 Å². The van der Waals surface area contributed by atoms with Crippen molar-refractivity contribution in [2.75, 3.05) is 18.9 Å². The van der Waals surface area contributed by atoms with Crippen molar-refractivity contribution < 1.29 is 4.79 Å². The molecule has 0 aliphatic heterocycles. The highest BCUT2D eigenvalue weighted by Crippen LogP contribution is 2.22. The normalized spacial score (nSPS) is 10.1. The molecule has 1 rings (SSSR count). The van der Waals surface area contributed by atoms with Gasteiger partial charge < -0.3 is 4.90 Å². The number of carbonyl (C=O) groups is 1. The van der Waals surface area contributed by atoms with E-state index < -0.39 is 0 Å². The number of hydrogen-bond donors (Lipinski definition) is 0. The van der Waals surface area contributed by atoms with E-state index in [9.17, 15) is 4.79 Å². The van der Waals surface area contributed by atoms with Gasteiger partial charge in [-0.3, -0.25) is 4.79 Å². The summed E-state index contributed by atoms with van der Waals surface area (Å²) in [5, 5.41) is 0.779. The lowest BCUT2D eigenvalue weighted by Crippen LogP contribution is -2.28. The second-order valence-corrected chi connectivity index (χ2v) is 5.60. The molecule has 0 N–H and O–H groups in total. The molecule has 15 heavy (non-hydrogen) atoms. The van der Waals surface area contributed by atoms with Gasteiger partial charge in [-0.2, -0.15) is 0 Å². The monoisotopic (exact) mass is 397 g/mol. The maximum absolute atomic E-state index is 12.0. The van der Waals surface area contributed by atoms with Crippen molar-refractivity contribution in [3.05, 3.63) is 32.7 Å². The molecule has 2 nitrogen and oxygen atoms in total. The number of alkyl halides is 1. The molecule has 5 heteroatoms. The molecule has 1 aromatic carbocycles. The highest BCUT2D eigenvalue weighted by atomic mass is 79.9. The highest BCUT2D eigenvalue weighted by molar-refractivity contribution is 9.11. The van der Waals surface area contributed by atoms with Crippen LogP contribution in [0, 0.1) is 0 Å². The summed E-state index contributed by atoms with van der Waals surface area (Å²) in [5.41, 5.74) is 0.674. The first kappa shape index (κ1) is 13.2. The Bertz CT molecular complexity index is 368. The molecular formula is C10H10Br3NO. The van der Waals surface area contributed by atoms with Crippen LogP contribution in [0.15, 0.2) is 27.1 Å². The van der Waals surface area contributed by atoms with Crippen LogP contribution < -0.4 is 0 Å². The standard InChI is InChI=1S/C10H10Br3NO/c1-14(5-4-11)10(15)8-6-7(12)2-3-9(8)13/h2-3,6H,4-5H2,1H3. The quantitative estimate of drug-likeness (QED) is 0.710. The molecule has 82 valence electrons. The maximum atomic E-state index is 12.0. The topological polar surface area (TPSA) is 20.3 Å². The summed E-state index contributed by atoms with van der Waals surface area (Å²) in [6.07, 6.45) is 0. The third kappa shape index (κ3) is 3.57. The Morgan fingerprint density at radius 2 is 2.07 bits per heavy atom. The van der Waals surface area contributed by atoms with Gasteiger partial charge in [0, 0.05) is 27.9 Å². The predicted octanol–water partition coefficient (Wildman–Crippen LogP) is 3.68. The third-order valence-electron chi connectivity index (χ3n) is 1.93. The van der Waals surface area contributed by atoms with Crippen molar-refractivity contribution >= 4 is 53.7 Å². The molecule has 1 aromatic rings. The van der Waals surface area contributed by atoms with Crippen LogP contribution in [0.5, 0.6) is 0 Å². The summed E-state index contributed by atoms with van der Waals surface area (Å²) >= 11 is 10.0. The van der Waals surface area contributed by atoms with E-state index in [0.29, 0.717) is 12.1 Å². The number of hydrogen-bond acceptors (Lipinski definition) is 1. The maximum Gasteiger partial charge on any atom is 0.254 e. The molecule has 0 aliphatic carbocycles. The first-order valence-corrected chi connectivity index (χ1v) is 7.03. The molecule has 0 spiro atoms. The molecule has 0 saturated heterocycles. The Labute approximate surface area is 114 Å². The van der Waals surface area contributed by atoms with Gasteiger partial charge in [0.1, 0.15) is 0 Å². The minimum atomic E-state index is 0.0163. The molecule has 0 aliphatic rings. The first-order valence-electron chi connectivity index (χ1n) is 4.32. The van der Waals surface area contributed by atoms with Gasteiger partial charge in [-0.15, -0.1) is 0 Å². The average Bonchev–Trinajstić information content (AvgIpc) is 2.21. The number of amides is 1. The van der Waals surface area contributed by atoms with Crippen LogP contribution in [0.3, 0.4) is 0 Å². The van der Waals surface area contributed by atoms with Crippen molar-refractivity contribution in [2.24, 2.45) is 0 Å². The van der Waals surface area contributed by atoms with Crippen LogP contribution in [0.2, 0.25) is 0 Å². The average molecular weight is 400 g/mol. The van der Waals surface area contributed by atoms with Crippen LogP contribution in [0.25, 0.3) is 0 Å². The molecule has 0 heterocycles. The highest BCUT2D eigenvalue weighted by Gasteiger charge is 2.14. The molecule has 0 bridgehead atoms. The zero-order valence-corrected chi connectivity index (χ0v) is 12.9. The number of carbonyl (C=O) groups excluding carboxylic acids is 1. The fraction of sp³-hybridized carbons (Fsp3) is 0.300. The van der Waals surface area contributed by atoms with E-state index in [1.54, 1.807) is 11.9 Å². The van der Waals surface area contributed by atoms with Crippen LogP contribution in [-0.2, 0) is 0 Å². The third-order valence-corrected chi connectivity index (χ3v) is 3.46. The van der Waals surface area contributed by atoms with Crippen LogP contribution >= 0.6 is 47.8 Å². The molecule has 0 atom stereocenters. The van der Waals surface area contributed by atoms with Gasteiger partial charge in [0.15, 0.2) is 0 Å². The molecule has 0 unspecified atom stereocenters. The van der Waals surface area contributed by atoms with Crippen LogP contribution in [-0.4, -0.2) is 29.7 Å². The molecule has 0 aromatic heterocycles. The van der Waals surface area contributed by atoms with Crippen molar-refractivity contribution in [3.8, 4) is 0 Å². The summed E-state index contributed by atoms with van der Waals surface area (Å²) in [4.78, 5) is 13.6.